The number of hydrogen-bond acceptors (Lipinski definition) is 0. The quantitative estimate of drug-likeness (QED) is 0.651. The Hall–Kier alpha value is -0.768. The van der Waals surface area contributed by atoms with Crippen LogP contribution in [0, 0.1) is 0 Å². The van der Waals surface area contributed by atoms with Crippen molar-refractivity contribution >= 4 is 0 Å². The first-order valence-corrected chi connectivity index (χ1v) is 5.85. The molecule has 0 radical (unpaired) electrons. The van der Waals surface area contributed by atoms with Gasteiger partial charge in [0.25, 0.3) is 0 Å². The van der Waals surface area contributed by atoms with Gasteiger partial charge in [0.1, 0.15) is 0 Å². The number of rotatable bonds is 0. The van der Waals surface area contributed by atoms with Gasteiger partial charge >= 0.3 is 0 Å². The van der Waals surface area contributed by atoms with E-state index >= 15 is 0 Å². The third kappa shape index (κ3) is 4.01. The molecule has 1 heteroatoms. The summed E-state index contributed by atoms with van der Waals surface area (Å²) in [6.45, 7) is 0. The van der Waals surface area contributed by atoms with Crippen LogP contribution in [0.25, 0.3) is 0 Å². The Bertz CT molecular complexity index is 328. The Labute approximate surface area is 109 Å². The second-order valence-electron chi connectivity index (χ2n) is 4.07. The molecule has 1 aromatic rings. The molecule has 1 aromatic carbocycles. The Morgan fingerprint density at radius 3 is 1.62 bits per heavy atom. The number of hydrogen-bond donors (Lipinski definition) is 0. The zero-order valence-electron chi connectivity index (χ0n) is 9.56. The second kappa shape index (κ2) is 7.50. The molecule has 84 valence electrons. The summed E-state index contributed by atoms with van der Waals surface area (Å²) in [4.78, 5) is 0. The van der Waals surface area contributed by atoms with Crippen LogP contribution in [-0.2, 0) is 30.2 Å². The van der Waals surface area contributed by atoms with Gasteiger partial charge in [-0.15, -0.1) is 0 Å². The average Bonchev–Trinajstić information content (AvgIpc) is 2.88. The van der Waals surface area contributed by atoms with Gasteiger partial charge in [0.05, 0.1) is 0 Å². The summed E-state index contributed by atoms with van der Waals surface area (Å²) in [6.07, 6.45) is 14.9. The van der Waals surface area contributed by atoms with Crippen LogP contribution >= 0.6 is 0 Å². The Morgan fingerprint density at radius 1 is 0.750 bits per heavy atom. The molecule has 0 atom stereocenters. The topological polar surface area (TPSA) is 0 Å². The van der Waals surface area contributed by atoms with Gasteiger partial charge in [0, 0.05) is 17.4 Å². The molecule has 0 aliphatic heterocycles. The molecule has 2 aliphatic rings. The first-order valence-electron chi connectivity index (χ1n) is 5.85. The maximum atomic E-state index is 2.26. The van der Waals surface area contributed by atoms with E-state index in [0.29, 0.717) is 0 Å². The molecule has 16 heavy (non-hydrogen) atoms. The number of allylic oxidation sites excluding steroid dienone is 4. The Balaban J connectivity index is 0.000000183. The third-order valence-electron chi connectivity index (χ3n) is 2.92. The molecule has 0 saturated heterocycles. The van der Waals surface area contributed by atoms with Crippen LogP contribution in [0.3, 0.4) is 0 Å². The van der Waals surface area contributed by atoms with Crippen molar-refractivity contribution in [1.29, 1.82) is 0 Å². The summed E-state index contributed by atoms with van der Waals surface area (Å²) in [7, 11) is 0. The number of aryl methyl sites for hydroxylation is 2. The van der Waals surface area contributed by atoms with Crippen molar-refractivity contribution in [3.8, 4) is 0 Å². The molecule has 3 rings (SSSR count). The van der Waals surface area contributed by atoms with Gasteiger partial charge in [-0.3, -0.25) is 0 Å². The van der Waals surface area contributed by atoms with Crippen LogP contribution in [-0.4, -0.2) is 0 Å². The Morgan fingerprint density at radius 2 is 1.25 bits per heavy atom. The van der Waals surface area contributed by atoms with E-state index in [-0.39, 0.29) is 17.4 Å². The van der Waals surface area contributed by atoms with Crippen LogP contribution in [0.1, 0.15) is 30.4 Å². The van der Waals surface area contributed by atoms with Crippen molar-refractivity contribution in [2.75, 3.05) is 0 Å². The summed E-state index contributed by atoms with van der Waals surface area (Å²) in [5.74, 6) is 0. The van der Waals surface area contributed by atoms with Gasteiger partial charge in [0.2, 0.25) is 0 Å². The van der Waals surface area contributed by atoms with E-state index in [2.05, 4.69) is 48.6 Å². The standard InChI is InChI=1S/C10H12.C5H6.Cr/c1-2-6-10-8-4-3-7-9(10)5-1;1-2-4-5-3-1;/h1-2,5-6H,3-4,7-8H2;1-4H,5H2;. The van der Waals surface area contributed by atoms with E-state index in [1.54, 1.807) is 11.1 Å². The molecule has 0 fully saturated rings. The molecular formula is C15H18Cr. The van der Waals surface area contributed by atoms with Gasteiger partial charge < -0.3 is 0 Å². The van der Waals surface area contributed by atoms with Crippen molar-refractivity contribution < 1.29 is 17.4 Å². The first kappa shape index (κ1) is 13.3. The van der Waals surface area contributed by atoms with Crippen molar-refractivity contribution in [3.63, 3.8) is 0 Å². The van der Waals surface area contributed by atoms with E-state index in [4.69, 9.17) is 0 Å². The van der Waals surface area contributed by atoms with Crippen LogP contribution < -0.4 is 0 Å². The maximum absolute atomic E-state index is 2.26. The fourth-order valence-corrected chi connectivity index (χ4v) is 2.07. The summed E-state index contributed by atoms with van der Waals surface area (Å²) in [5, 5.41) is 0. The normalized spacial score (nSPS) is 15.8. The molecule has 0 aromatic heterocycles. The number of benzene rings is 1. The molecule has 0 spiro atoms. The van der Waals surface area contributed by atoms with Gasteiger partial charge in [-0.2, -0.15) is 0 Å². The summed E-state index contributed by atoms with van der Waals surface area (Å²) in [6, 6.07) is 8.80. The molecular weight excluding hydrogens is 232 g/mol. The minimum Gasteiger partial charge on any atom is -0.0808 e. The van der Waals surface area contributed by atoms with Crippen molar-refractivity contribution in [2.24, 2.45) is 0 Å². The summed E-state index contributed by atoms with van der Waals surface area (Å²) in [5.41, 5.74) is 3.16. The monoisotopic (exact) mass is 250 g/mol. The molecule has 0 N–H and O–H groups in total. The van der Waals surface area contributed by atoms with Gasteiger partial charge in [0.15, 0.2) is 0 Å². The second-order valence-corrected chi connectivity index (χ2v) is 4.07. The molecule has 0 bridgehead atoms. The maximum Gasteiger partial charge on any atom is 0 e. The summed E-state index contributed by atoms with van der Waals surface area (Å²) >= 11 is 0. The van der Waals surface area contributed by atoms with Crippen molar-refractivity contribution in [3.05, 3.63) is 59.7 Å². The zero-order chi connectivity index (χ0) is 10.3. The van der Waals surface area contributed by atoms with E-state index in [1.165, 1.54) is 25.7 Å². The minimum absolute atomic E-state index is 0. The largest absolute Gasteiger partial charge is 0.0808 e. The van der Waals surface area contributed by atoms with E-state index in [1.807, 2.05) is 0 Å². The van der Waals surface area contributed by atoms with E-state index in [0.717, 1.165) is 6.42 Å². The molecule has 0 heterocycles. The van der Waals surface area contributed by atoms with Crippen LogP contribution in [0.2, 0.25) is 0 Å². The van der Waals surface area contributed by atoms with Crippen molar-refractivity contribution in [1.82, 2.24) is 0 Å². The predicted octanol–water partition coefficient (Wildman–Crippen LogP) is 4.07. The van der Waals surface area contributed by atoms with E-state index in [9.17, 15) is 0 Å². The molecule has 0 unspecified atom stereocenters. The first-order chi connectivity index (χ1) is 7.47. The number of fused-ring (bicyclic) bond motifs is 1. The summed E-state index contributed by atoms with van der Waals surface area (Å²) < 4.78 is 0. The smallest absolute Gasteiger partial charge is 0 e. The van der Waals surface area contributed by atoms with Gasteiger partial charge in [-0.05, 0) is 43.2 Å². The minimum atomic E-state index is 0. The van der Waals surface area contributed by atoms with Gasteiger partial charge in [-0.25, -0.2) is 0 Å². The van der Waals surface area contributed by atoms with E-state index < -0.39 is 0 Å². The fraction of sp³-hybridized carbons (Fsp3) is 0.333. The SMILES string of the molecule is C1=CCC=C1.[Cr].c1ccc2c(c1)CCCC2. The zero-order valence-corrected chi connectivity index (χ0v) is 10.8. The van der Waals surface area contributed by atoms with Crippen LogP contribution in [0.4, 0.5) is 0 Å². The van der Waals surface area contributed by atoms with Crippen LogP contribution in [0.15, 0.2) is 48.6 Å². The molecule has 0 saturated carbocycles. The van der Waals surface area contributed by atoms with Gasteiger partial charge in [-0.1, -0.05) is 48.6 Å². The molecule has 2 aliphatic carbocycles. The molecule has 0 nitrogen and oxygen atoms in total. The molecule has 0 amide bonds. The third-order valence-corrected chi connectivity index (χ3v) is 2.92. The Kier molecular flexibility index (Phi) is 6.23. The van der Waals surface area contributed by atoms with Crippen molar-refractivity contribution in [2.45, 2.75) is 32.1 Å². The van der Waals surface area contributed by atoms with Crippen LogP contribution in [0.5, 0.6) is 0 Å². The predicted molar refractivity (Wildman–Crippen MR) is 66.0 cm³/mol. The average molecular weight is 250 g/mol. The fourth-order valence-electron chi connectivity index (χ4n) is 2.07.